The number of phenols is 1. The van der Waals surface area contributed by atoms with E-state index in [1.165, 1.54) is 13.3 Å². The lowest BCUT2D eigenvalue weighted by Crippen LogP contribution is -2.55. The zero-order valence-corrected chi connectivity index (χ0v) is 31.0. The van der Waals surface area contributed by atoms with Crippen molar-refractivity contribution in [1.29, 1.82) is 0 Å². The maximum absolute atomic E-state index is 12.7. The van der Waals surface area contributed by atoms with Gasteiger partial charge in [0, 0.05) is 70.5 Å². The molecular formula is C41H60N6O5. The van der Waals surface area contributed by atoms with Gasteiger partial charge in [0.25, 0.3) is 0 Å². The van der Waals surface area contributed by atoms with E-state index in [2.05, 4.69) is 32.3 Å². The molecule has 6 heterocycles. The molecule has 11 unspecified atom stereocenters. The number of guanidine groups is 1. The number of carbonyl (C=O) groups excluding carboxylic acids is 1. The highest BCUT2D eigenvalue weighted by atomic mass is 16.5. The predicted molar refractivity (Wildman–Crippen MR) is 199 cm³/mol. The van der Waals surface area contributed by atoms with Gasteiger partial charge in [0.2, 0.25) is 0 Å². The summed E-state index contributed by atoms with van der Waals surface area (Å²) in [6.45, 7) is 8.98. The van der Waals surface area contributed by atoms with Crippen LogP contribution in [-0.4, -0.2) is 109 Å². The maximum atomic E-state index is 12.7. The summed E-state index contributed by atoms with van der Waals surface area (Å²) in [5, 5.41) is 30.2. The molecule has 0 amide bonds. The molecule has 3 saturated heterocycles. The van der Waals surface area contributed by atoms with E-state index in [0.717, 1.165) is 96.2 Å². The monoisotopic (exact) mass is 716 g/mol. The van der Waals surface area contributed by atoms with Gasteiger partial charge in [-0.05, 0) is 106 Å². The maximum Gasteiger partial charge on any atom is 0.302 e. The number of fused-ring (bicyclic) bond motifs is 9. The Morgan fingerprint density at radius 2 is 1.88 bits per heavy atom. The summed E-state index contributed by atoms with van der Waals surface area (Å²) < 4.78 is 12.6. The number of hydrogen-bond donors (Lipinski definition) is 5. The topological polar surface area (TPSA) is 145 Å². The highest BCUT2D eigenvalue weighted by Gasteiger charge is 2.48. The molecular weight excluding hydrogens is 656 g/mol. The Morgan fingerprint density at radius 1 is 1.06 bits per heavy atom. The third-order valence-corrected chi connectivity index (χ3v) is 13.7. The van der Waals surface area contributed by atoms with Crippen molar-refractivity contribution < 1.29 is 24.5 Å². The number of esters is 1. The minimum Gasteiger partial charge on any atom is -0.504 e. The van der Waals surface area contributed by atoms with Crippen molar-refractivity contribution in [1.82, 2.24) is 20.4 Å². The first-order valence-electron chi connectivity index (χ1n) is 20.3. The van der Waals surface area contributed by atoms with E-state index in [4.69, 9.17) is 20.2 Å². The smallest absolute Gasteiger partial charge is 0.302 e. The first-order chi connectivity index (χ1) is 25.2. The highest BCUT2D eigenvalue weighted by molar-refractivity contribution is 5.77. The predicted octanol–water partition coefficient (Wildman–Crippen LogP) is 3.08. The van der Waals surface area contributed by atoms with Crippen LogP contribution in [0, 0.1) is 52.8 Å². The van der Waals surface area contributed by atoms with Crippen LogP contribution in [-0.2, 0) is 16.0 Å². The molecule has 284 valence electrons. The number of benzene rings is 1. The van der Waals surface area contributed by atoms with Crippen molar-refractivity contribution >= 4 is 11.9 Å². The molecule has 1 saturated carbocycles. The van der Waals surface area contributed by atoms with Crippen LogP contribution in [0.5, 0.6) is 11.5 Å². The van der Waals surface area contributed by atoms with Crippen LogP contribution in [0.15, 0.2) is 23.2 Å². The SMILES string of the molecule is CC(=O)OC1CC(O)C2CCC3CN4CC5CC(CN(CN=C(N)NCC3(C#CC3CCCC6CC(CCN6)Oc6cc(ccc6O)CC31)C2)C5)C4. The number of piperidine rings is 3. The third kappa shape index (κ3) is 8.06. The summed E-state index contributed by atoms with van der Waals surface area (Å²) in [6.07, 6.45) is 8.49. The minimum atomic E-state index is -0.635. The van der Waals surface area contributed by atoms with E-state index >= 15 is 0 Å². The molecule has 4 fully saturated rings. The highest BCUT2D eigenvalue weighted by Crippen LogP contribution is 2.48. The molecule has 8 aliphatic rings. The van der Waals surface area contributed by atoms with Crippen molar-refractivity contribution in [2.75, 3.05) is 52.5 Å². The van der Waals surface area contributed by atoms with Crippen LogP contribution >= 0.6 is 0 Å². The number of phenolic OH excluding ortho intramolecular Hbond substituents is 1. The molecule has 2 aliphatic carbocycles. The number of carbonyl (C=O) groups is 1. The first kappa shape index (κ1) is 36.0. The van der Waals surface area contributed by atoms with Crippen LogP contribution in [0.4, 0.5) is 0 Å². The summed E-state index contributed by atoms with van der Waals surface area (Å²) in [5.74, 6) is 10.2. The second-order valence-electron chi connectivity index (χ2n) is 17.5. The minimum absolute atomic E-state index is 0.0256. The van der Waals surface area contributed by atoms with Crippen molar-refractivity contribution in [2.45, 2.75) is 102 Å². The van der Waals surface area contributed by atoms with Gasteiger partial charge in [-0.15, -0.1) is 0 Å². The molecule has 0 radical (unpaired) electrons. The summed E-state index contributed by atoms with van der Waals surface area (Å²) in [7, 11) is 0. The molecule has 6 aliphatic heterocycles. The Bertz CT molecular complexity index is 1530. The van der Waals surface area contributed by atoms with E-state index in [0.29, 0.717) is 61.6 Å². The van der Waals surface area contributed by atoms with Crippen LogP contribution in [0.3, 0.4) is 0 Å². The molecule has 9 rings (SSSR count). The lowest BCUT2D eigenvalue weighted by Gasteiger charge is -2.50. The normalized spacial score (nSPS) is 42.0. The molecule has 11 heteroatoms. The van der Waals surface area contributed by atoms with Gasteiger partial charge in [0.05, 0.1) is 18.2 Å². The fraction of sp³-hybridized carbons (Fsp3) is 0.756. The zero-order chi connectivity index (χ0) is 35.8. The van der Waals surface area contributed by atoms with Gasteiger partial charge in [-0.1, -0.05) is 24.3 Å². The lowest BCUT2D eigenvalue weighted by atomic mass is 9.60. The summed E-state index contributed by atoms with van der Waals surface area (Å²) in [4.78, 5) is 22.8. The lowest BCUT2D eigenvalue weighted by molar-refractivity contribution is -0.153. The largest absolute Gasteiger partial charge is 0.504 e. The van der Waals surface area contributed by atoms with Gasteiger partial charge < -0.3 is 41.0 Å². The molecule has 11 atom stereocenters. The molecule has 1 aromatic rings. The van der Waals surface area contributed by atoms with Gasteiger partial charge >= 0.3 is 5.97 Å². The van der Waals surface area contributed by atoms with E-state index < -0.39 is 17.6 Å². The molecule has 11 nitrogen and oxygen atoms in total. The van der Waals surface area contributed by atoms with Crippen LogP contribution in [0.1, 0.15) is 76.7 Å². The fourth-order valence-electron chi connectivity index (χ4n) is 11.2. The molecule has 6 N–H and O–H groups in total. The summed E-state index contributed by atoms with van der Waals surface area (Å²) in [6, 6.07) is 5.97. The second-order valence-corrected chi connectivity index (χ2v) is 17.5. The van der Waals surface area contributed by atoms with Crippen molar-refractivity contribution in [2.24, 2.45) is 51.6 Å². The van der Waals surface area contributed by atoms with Crippen LogP contribution < -0.4 is 21.1 Å². The number of aromatic hydroxyl groups is 1. The average Bonchev–Trinajstić information content (AvgIpc) is 3.12. The molecule has 1 spiro atoms. The van der Waals surface area contributed by atoms with Gasteiger partial charge in [0.1, 0.15) is 12.2 Å². The van der Waals surface area contributed by atoms with Gasteiger partial charge in [-0.3, -0.25) is 9.69 Å². The number of nitrogens with two attached hydrogens (primary N) is 1. The van der Waals surface area contributed by atoms with Gasteiger partial charge in [-0.2, -0.15) is 0 Å². The Morgan fingerprint density at radius 3 is 2.71 bits per heavy atom. The summed E-state index contributed by atoms with van der Waals surface area (Å²) >= 11 is 0. The number of hydrogen-bond acceptors (Lipinski definition) is 11. The molecule has 10 bridgehead atoms. The Kier molecular flexibility index (Phi) is 10.6. The Balaban J connectivity index is 1.20. The zero-order valence-electron chi connectivity index (χ0n) is 31.0. The van der Waals surface area contributed by atoms with E-state index in [9.17, 15) is 15.0 Å². The van der Waals surface area contributed by atoms with Crippen molar-refractivity contribution in [3.63, 3.8) is 0 Å². The quantitative estimate of drug-likeness (QED) is 0.217. The number of ether oxygens (including phenoxy) is 2. The van der Waals surface area contributed by atoms with E-state index in [1.807, 2.05) is 12.1 Å². The third-order valence-electron chi connectivity index (χ3n) is 13.7. The number of aliphatic hydroxyl groups excluding tert-OH is 1. The molecule has 1 aromatic carbocycles. The number of aliphatic hydroxyl groups is 1. The van der Waals surface area contributed by atoms with Gasteiger partial charge in [-0.25, -0.2) is 4.99 Å². The van der Waals surface area contributed by atoms with Crippen LogP contribution in [0.2, 0.25) is 0 Å². The second kappa shape index (κ2) is 15.4. The first-order valence-corrected chi connectivity index (χ1v) is 20.3. The molecule has 0 aromatic heterocycles. The van der Waals surface area contributed by atoms with Crippen LogP contribution in [0.25, 0.3) is 0 Å². The number of rotatable bonds is 1. The van der Waals surface area contributed by atoms with Crippen molar-refractivity contribution in [3.8, 4) is 23.3 Å². The Labute approximate surface area is 309 Å². The van der Waals surface area contributed by atoms with E-state index in [1.54, 1.807) is 6.07 Å². The Hall–Kier alpha value is -3.04. The number of nitrogens with zero attached hydrogens (tertiary/aromatic N) is 3. The molecule has 52 heavy (non-hydrogen) atoms. The fourth-order valence-corrected chi connectivity index (χ4v) is 11.2. The van der Waals surface area contributed by atoms with Gasteiger partial charge in [0.15, 0.2) is 17.5 Å². The average molecular weight is 717 g/mol. The van der Waals surface area contributed by atoms with E-state index in [-0.39, 0.29) is 35.6 Å². The number of nitrogens with one attached hydrogen (secondary N) is 2. The van der Waals surface area contributed by atoms with Crippen molar-refractivity contribution in [3.05, 3.63) is 23.8 Å². The summed E-state index contributed by atoms with van der Waals surface area (Å²) in [5.41, 5.74) is 7.21. The number of aliphatic imine (C=N–C) groups is 1. The standard InChI is InChI=1S/C41H60N6O5/c1-26(48)51-38-17-37(50)31-6-7-32-23-46-19-28-13-29(20-46)22-47(21-28)25-45-40(42)44-24-41(32,18-31)11-9-30-3-2-4-33-16-34(10-12-43-33)52-39-15-27(14-35(30)38)5-8-36(39)49/h5,8,15,28-35,37-38,43,49-50H,2-4,6-7,10,12-14,16-25H2,1H3,(H3,42,44,45).